The lowest BCUT2D eigenvalue weighted by atomic mass is 9.94. The Bertz CT molecular complexity index is 908. The number of imidazole rings is 1. The van der Waals surface area contributed by atoms with Crippen molar-refractivity contribution >= 4 is 22.8 Å². The molecule has 0 radical (unpaired) electrons. The van der Waals surface area contributed by atoms with Gasteiger partial charge in [-0.3, -0.25) is 9.59 Å². The maximum Gasteiger partial charge on any atom is 0.449 e. The van der Waals surface area contributed by atoms with Gasteiger partial charge < -0.3 is 14.8 Å². The second-order valence-corrected chi connectivity index (χ2v) is 7.29. The molecule has 4 heterocycles. The fourth-order valence-electron chi connectivity index (χ4n) is 4.03. The smallest absolute Gasteiger partial charge is 0.341 e. The van der Waals surface area contributed by atoms with E-state index in [4.69, 9.17) is 0 Å². The minimum atomic E-state index is -4.57. The van der Waals surface area contributed by atoms with Crippen molar-refractivity contribution in [3.8, 4) is 0 Å². The number of rotatable bonds is 1. The lowest BCUT2D eigenvalue weighted by molar-refractivity contribution is -0.144. The summed E-state index contributed by atoms with van der Waals surface area (Å²) in [7, 11) is 0. The van der Waals surface area contributed by atoms with E-state index in [1.165, 1.54) is 25.1 Å². The molecule has 1 aromatic heterocycles. The van der Waals surface area contributed by atoms with Crippen LogP contribution in [-0.4, -0.2) is 57.3 Å². The molecule has 1 N–H and O–H groups in total. The van der Waals surface area contributed by atoms with Crippen LogP contribution in [0.2, 0.25) is 0 Å². The van der Waals surface area contributed by atoms with Gasteiger partial charge in [0.25, 0.3) is 5.91 Å². The van der Waals surface area contributed by atoms with Crippen LogP contribution in [0.5, 0.6) is 0 Å². The Kier molecular flexibility index (Phi) is 4.12. The number of nitrogens with one attached hydrogen (secondary N) is 1. The van der Waals surface area contributed by atoms with E-state index in [1.54, 1.807) is 9.80 Å². The highest BCUT2D eigenvalue weighted by Crippen LogP contribution is 2.31. The van der Waals surface area contributed by atoms with Crippen molar-refractivity contribution < 1.29 is 22.8 Å². The Balaban J connectivity index is 1.62. The van der Waals surface area contributed by atoms with Crippen molar-refractivity contribution in [2.75, 3.05) is 19.6 Å². The highest BCUT2D eigenvalue weighted by Gasteiger charge is 2.38. The summed E-state index contributed by atoms with van der Waals surface area (Å²) in [6.07, 6.45) is -2.78. The molecule has 0 unspecified atom stereocenters. The maximum absolute atomic E-state index is 13.0. The summed E-state index contributed by atoms with van der Waals surface area (Å²) in [6.45, 7) is 3.23. The first-order chi connectivity index (χ1) is 12.7. The minimum Gasteiger partial charge on any atom is -0.341 e. The third-order valence-corrected chi connectivity index (χ3v) is 5.42. The molecule has 2 amide bonds. The molecule has 2 atom stereocenters. The van der Waals surface area contributed by atoms with Gasteiger partial charge in [0.2, 0.25) is 11.7 Å². The Hall–Kier alpha value is -2.58. The highest BCUT2D eigenvalue weighted by molar-refractivity contribution is 5.97. The van der Waals surface area contributed by atoms with E-state index in [0.29, 0.717) is 25.2 Å². The van der Waals surface area contributed by atoms with Gasteiger partial charge in [0, 0.05) is 38.2 Å². The van der Waals surface area contributed by atoms with E-state index in [9.17, 15) is 22.8 Å². The van der Waals surface area contributed by atoms with Crippen LogP contribution in [0.3, 0.4) is 0 Å². The monoisotopic (exact) mass is 380 g/mol. The SMILES string of the molecule is CC(=O)N1C[C@@H]2CC[C@H](C1)N(C(=O)c1ccc3nc(C(F)(F)F)[nH]c3c1)C2. The number of carbonyl (C=O) groups excluding carboxylic acids is 2. The first-order valence-electron chi connectivity index (χ1n) is 8.86. The zero-order chi connectivity index (χ0) is 19.3. The van der Waals surface area contributed by atoms with Gasteiger partial charge in [0.15, 0.2) is 0 Å². The van der Waals surface area contributed by atoms with Gasteiger partial charge in [-0.15, -0.1) is 0 Å². The summed E-state index contributed by atoms with van der Waals surface area (Å²) < 4.78 is 38.5. The number of amides is 2. The number of nitrogens with zero attached hydrogens (tertiary/aromatic N) is 3. The van der Waals surface area contributed by atoms with E-state index in [1.807, 2.05) is 0 Å². The average molecular weight is 380 g/mol. The Morgan fingerprint density at radius 2 is 1.96 bits per heavy atom. The third-order valence-electron chi connectivity index (χ3n) is 5.42. The van der Waals surface area contributed by atoms with Gasteiger partial charge >= 0.3 is 6.18 Å². The van der Waals surface area contributed by atoms with E-state index < -0.39 is 12.0 Å². The fourth-order valence-corrected chi connectivity index (χ4v) is 4.03. The van der Waals surface area contributed by atoms with Crippen LogP contribution in [0.4, 0.5) is 13.2 Å². The molecular weight excluding hydrogens is 361 g/mol. The summed E-state index contributed by atoms with van der Waals surface area (Å²) in [5.74, 6) is -1.07. The number of halogens is 3. The number of hydrogen-bond donors (Lipinski definition) is 1. The summed E-state index contributed by atoms with van der Waals surface area (Å²) >= 11 is 0. The number of benzene rings is 1. The Morgan fingerprint density at radius 1 is 1.19 bits per heavy atom. The zero-order valence-electron chi connectivity index (χ0n) is 14.7. The molecule has 144 valence electrons. The van der Waals surface area contributed by atoms with Crippen molar-refractivity contribution in [3.63, 3.8) is 0 Å². The van der Waals surface area contributed by atoms with Crippen molar-refractivity contribution in [3.05, 3.63) is 29.6 Å². The fraction of sp³-hybridized carbons (Fsp3) is 0.500. The highest BCUT2D eigenvalue weighted by atomic mass is 19.4. The van der Waals surface area contributed by atoms with Gasteiger partial charge in [0.05, 0.1) is 11.0 Å². The molecule has 27 heavy (non-hydrogen) atoms. The van der Waals surface area contributed by atoms with Crippen LogP contribution in [0.1, 0.15) is 35.9 Å². The number of aromatic amines is 1. The van der Waals surface area contributed by atoms with Crippen molar-refractivity contribution in [2.45, 2.75) is 32.0 Å². The van der Waals surface area contributed by atoms with Gasteiger partial charge in [-0.1, -0.05) is 0 Å². The number of carbonyl (C=O) groups is 2. The van der Waals surface area contributed by atoms with Crippen LogP contribution in [0, 0.1) is 5.92 Å². The number of fused-ring (bicyclic) bond motifs is 5. The number of alkyl halides is 3. The molecule has 3 fully saturated rings. The number of piperidine rings is 1. The predicted octanol–water partition coefficient (Wildman–Crippen LogP) is 2.66. The van der Waals surface area contributed by atoms with Crippen LogP contribution in [-0.2, 0) is 11.0 Å². The maximum atomic E-state index is 13.0. The van der Waals surface area contributed by atoms with Crippen molar-refractivity contribution in [1.82, 2.24) is 19.8 Å². The van der Waals surface area contributed by atoms with Gasteiger partial charge in [-0.05, 0) is 37.0 Å². The van der Waals surface area contributed by atoms with Crippen LogP contribution in [0.25, 0.3) is 11.0 Å². The van der Waals surface area contributed by atoms with Gasteiger partial charge in [-0.25, -0.2) is 4.98 Å². The van der Waals surface area contributed by atoms with E-state index in [0.717, 1.165) is 12.8 Å². The standard InChI is InChI=1S/C18H19F3N4O2/c1-10(26)24-7-11-2-4-13(9-24)25(8-11)16(27)12-3-5-14-15(6-12)23-17(22-14)18(19,20)21/h3,5-6,11,13H,2,4,7-9H2,1H3,(H,22,23)/t11-,13+/m0/s1. The Morgan fingerprint density at radius 3 is 2.67 bits per heavy atom. The van der Waals surface area contributed by atoms with Crippen LogP contribution >= 0.6 is 0 Å². The predicted molar refractivity (Wildman–Crippen MR) is 90.9 cm³/mol. The van der Waals surface area contributed by atoms with Crippen molar-refractivity contribution in [2.24, 2.45) is 5.92 Å². The quantitative estimate of drug-likeness (QED) is 0.827. The average Bonchev–Trinajstić information content (AvgIpc) is 2.83. The molecule has 0 saturated carbocycles. The van der Waals surface area contributed by atoms with Gasteiger partial charge in [0.1, 0.15) is 0 Å². The molecule has 9 heteroatoms. The molecule has 5 rings (SSSR count). The summed E-state index contributed by atoms with van der Waals surface area (Å²) in [4.78, 5) is 34.1. The molecule has 6 nitrogen and oxygen atoms in total. The molecule has 3 saturated heterocycles. The number of aromatic nitrogens is 2. The molecule has 3 aliphatic rings. The third kappa shape index (κ3) is 3.26. The van der Waals surface area contributed by atoms with E-state index in [-0.39, 0.29) is 34.8 Å². The number of hydrogen-bond acceptors (Lipinski definition) is 3. The number of H-pyrrole nitrogens is 1. The molecule has 0 aliphatic carbocycles. The summed E-state index contributed by atoms with van der Waals surface area (Å²) in [6, 6.07) is 4.28. The largest absolute Gasteiger partial charge is 0.449 e. The van der Waals surface area contributed by atoms with E-state index in [2.05, 4.69) is 9.97 Å². The lowest BCUT2D eigenvalue weighted by Gasteiger charge is -2.36. The first kappa shape index (κ1) is 17.8. The molecule has 3 aliphatic heterocycles. The van der Waals surface area contributed by atoms with E-state index >= 15 is 0 Å². The molecular formula is C18H19F3N4O2. The van der Waals surface area contributed by atoms with Crippen LogP contribution in [0.15, 0.2) is 18.2 Å². The summed E-state index contributed by atoms with van der Waals surface area (Å²) in [5, 5.41) is 0. The molecule has 1 aromatic carbocycles. The normalized spacial score (nSPS) is 23.0. The molecule has 2 bridgehead atoms. The van der Waals surface area contributed by atoms with Crippen LogP contribution < -0.4 is 0 Å². The Labute approximate surface area is 153 Å². The summed E-state index contributed by atoms with van der Waals surface area (Å²) in [5.41, 5.74) is 0.666. The van der Waals surface area contributed by atoms with Gasteiger partial charge in [-0.2, -0.15) is 13.2 Å². The second-order valence-electron chi connectivity index (χ2n) is 7.29. The molecule has 0 spiro atoms. The minimum absolute atomic E-state index is 0.000224. The topological polar surface area (TPSA) is 69.3 Å². The first-order valence-corrected chi connectivity index (χ1v) is 8.86. The van der Waals surface area contributed by atoms with Crippen molar-refractivity contribution in [1.29, 1.82) is 0 Å². The lowest BCUT2D eigenvalue weighted by Crippen LogP contribution is -2.47. The zero-order valence-corrected chi connectivity index (χ0v) is 14.7. The second kappa shape index (κ2) is 6.24. The molecule has 2 aromatic rings.